The maximum absolute atomic E-state index is 6.34. The van der Waals surface area contributed by atoms with Gasteiger partial charge in [-0.3, -0.25) is 5.10 Å². The Morgan fingerprint density at radius 3 is 2.81 bits per heavy atom. The van der Waals surface area contributed by atoms with Crippen LogP contribution in [0.3, 0.4) is 0 Å². The van der Waals surface area contributed by atoms with E-state index in [0.717, 1.165) is 46.0 Å². The van der Waals surface area contributed by atoms with Gasteiger partial charge in [0, 0.05) is 21.8 Å². The number of fused-ring (bicyclic) bond motifs is 2. The number of aromatic amines is 1. The Morgan fingerprint density at radius 1 is 1.24 bits per heavy atom. The van der Waals surface area contributed by atoms with Crippen molar-refractivity contribution < 1.29 is 0 Å². The van der Waals surface area contributed by atoms with E-state index in [1.807, 2.05) is 24.3 Å². The number of nitrogens with zero attached hydrogens (tertiary/aromatic N) is 1. The number of nitrogens with two attached hydrogens (primary N) is 1. The molecule has 3 N–H and O–H groups in total. The van der Waals surface area contributed by atoms with E-state index in [9.17, 15) is 0 Å². The number of anilines is 1. The van der Waals surface area contributed by atoms with Gasteiger partial charge in [0.2, 0.25) is 0 Å². The van der Waals surface area contributed by atoms with Crippen molar-refractivity contribution in [3.8, 4) is 11.1 Å². The summed E-state index contributed by atoms with van der Waals surface area (Å²) in [7, 11) is 0. The third-order valence-corrected chi connectivity index (χ3v) is 5.69. The number of rotatable bonds is 3. The van der Waals surface area contributed by atoms with Crippen LogP contribution in [0.2, 0.25) is 5.02 Å². The number of benzene rings is 1. The molecule has 2 saturated carbocycles. The van der Waals surface area contributed by atoms with Crippen molar-refractivity contribution >= 4 is 17.4 Å². The molecule has 110 valence electrons. The lowest BCUT2D eigenvalue weighted by atomic mass is 9.84. The molecule has 2 bridgehead atoms. The predicted octanol–water partition coefficient (Wildman–Crippen LogP) is 4.29. The summed E-state index contributed by atoms with van der Waals surface area (Å²) in [5.41, 5.74) is 9.24. The average molecular weight is 302 g/mol. The fraction of sp³-hybridized carbons (Fsp3) is 0.471. The lowest BCUT2D eigenvalue weighted by Gasteiger charge is -2.21. The molecule has 2 fully saturated rings. The number of H-pyrrole nitrogens is 1. The van der Waals surface area contributed by atoms with Crippen LogP contribution in [0.25, 0.3) is 11.1 Å². The molecular formula is C17H20ClN3. The zero-order valence-electron chi connectivity index (χ0n) is 12.0. The van der Waals surface area contributed by atoms with Gasteiger partial charge in [0.25, 0.3) is 0 Å². The minimum atomic E-state index is 0.557. The molecule has 0 saturated heterocycles. The second kappa shape index (κ2) is 5.06. The molecule has 1 heterocycles. The Balaban J connectivity index is 1.66. The van der Waals surface area contributed by atoms with Crippen molar-refractivity contribution in [1.82, 2.24) is 10.2 Å². The van der Waals surface area contributed by atoms with Crippen LogP contribution in [0.4, 0.5) is 5.82 Å². The van der Waals surface area contributed by atoms with Gasteiger partial charge in [-0.1, -0.05) is 36.2 Å². The van der Waals surface area contributed by atoms with Gasteiger partial charge in [0.1, 0.15) is 0 Å². The van der Waals surface area contributed by atoms with Crippen LogP contribution >= 0.6 is 11.6 Å². The van der Waals surface area contributed by atoms with E-state index in [-0.39, 0.29) is 0 Å². The molecule has 1 aromatic heterocycles. The topological polar surface area (TPSA) is 54.7 Å². The number of hydrogen-bond acceptors (Lipinski definition) is 2. The highest BCUT2D eigenvalue weighted by Gasteiger charge is 2.39. The Morgan fingerprint density at radius 2 is 2.10 bits per heavy atom. The van der Waals surface area contributed by atoms with Crippen LogP contribution in [0.15, 0.2) is 24.3 Å². The molecule has 3 nitrogen and oxygen atoms in total. The highest BCUT2D eigenvalue weighted by atomic mass is 35.5. The van der Waals surface area contributed by atoms with Crippen molar-refractivity contribution in [1.29, 1.82) is 0 Å². The van der Waals surface area contributed by atoms with E-state index in [4.69, 9.17) is 17.3 Å². The number of nitrogen functional groups attached to an aromatic ring is 1. The molecular weight excluding hydrogens is 282 g/mol. The highest BCUT2D eigenvalue weighted by Crippen LogP contribution is 2.50. The largest absolute Gasteiger partial charge is 0.382 e. The Labute approximate surface area is 129 Å². The number of aromatic nitrogens is 2. The minimum Gasteiger partial charge on any atom is -0.382 e. The van der Waals surface area contributed by atoms with E-state index in [1.165, 1.54) is 25.7 Å². The van der Waals surface area contributed by atoms with Gasteiger partial charge in [0.05, 0.1) is 0 Å². The van der Waals surface area contributed by atoms with Crippen molar-refractivity contribution in [2.24, 2.45) is 17.8 Å². The van der Waals surface area contributed by atoms with Gasteiger partial charge in [-0.15, -0.1) is 0 Å². The first-order valence-electron chi connectivity index (χ1n) is 7.80. The van der Waals surface area contributed by atoms with Gasteiger partial charge in [0.15, 0.2) is 5.82 Å². The summed E-state index contributed by atoms with van der Waals surface area (Å²) in [5.74, 6) is 3.20. The first kappa shape index (κ1) is 13.2. The molecule has 3 unspecified atom stereocenters. The summed E-state index contributed by atoms with van der Waals surface area (Å²) in [6, 6.07) is 7.87. The quantitative estimate of drug-likeness (QED) is 0.888. The van der Waals surface area contributed by atoms with E-state index in [2.05, 4.69) is 10.2 Å². The van der Waals surface area contributed by atoms with Crippen LogP contribution < -0.4 is 5.73 Å². The summed E-state index contributed by atoms with van der Waals surface area (Å²) in [6.45, 7) is 0. The Bertz CT molecular complexity index is 664. The third kappa shape index (κ3) is 2.24. The SMILES string of the molecule is Nc1n[nH]c(CC2CC3CCC2C3)c1-c1ccccc1Cl. The van der Waals surface area contributed by atoms with Crippen molar-refractivity contribution in [2.75, 3.05) is 5.73 Å². The standard InChI is InChI=1S/C17H20ClN3/c18-14-4-2-1-3-13(14)16-15(20-21-17(16)19)9-12-8-10-5-6-11(12)7-10/h1-4,10-12H,5-9H2,(H3,19,20,21). The van der Waals surface area contributed by atoms with Crippen LogP contribution in [0, 0.1) is 17.8 Å². The fourth-order valence-electron chi connectivity index (χ4n) is 4.39. The summed E-state index contributed by atoms with van der Waals surface area (Å²) in [6.07, 6.45) is 6.68. The maximum Gasteiger partial charge on any atom is 0.153 e. The average Bonchev–Trinajstić information content (AvgIpc) is 3.17. The lowest BCUT2D eigenvalue weighted by molar-refractivity contribution is 0.329. The van der Waals surface area contributed by atoms with Crippen LogP contribution in [-0.4, -0.2) is 10.2 Å². The zero-order valence-corrected chi connectivity index (χ0v) is 12.7. The van der Waals surface area contributed by atoms with E-state index >= 15 is 0 Å². The molecule has 4 rings (SSSR count). The van der Waals surface area contributed by atoms with E-state index < -0.39 is 0 Å². The molecule has 2 aromatic rings. The minimum absolute atomic E-state index is 0.557. The number of hydrogen-bond donors (Lipinski definition) is 2. The van der Waals surface area contributed by atoms with Crippen molar-refractivity contribution in [3.63, 3.8) is 0 Å². The Kier molecular flexibility index (Phi) is 3.18. The maximum atomic E-state index is 6.34. The van der Waals surface area contributed by atoms with E-state index in [1.54, 1.807) is 0 Å². The lowest BCUT2D eigenvalue weighted by Crippen LogP contribution is -2.13. The van der Waals surface area contributed by atoms with Gasteiger partial charge in [-0.25, -0.2) is 0 Å². The number of halogens is 1. The predicted molar refractivity (Wildman–Crippen MR) is 86.1 cm³/mol. The second-order valence-electron chi connectivity index (χ2n) is 6.58. The summed E-state index contributed by atoms with van der Waals surface area (Å²) >= 11 is 6.34. The van der Waals surface area contributed by atoms with Crippen LogP contribution in [-0.2, 0) is 6.42 Å². The van der Waals surface area contributed by atoms with Crippen molar-refractivity contribution in [2.45, 2.75) is 32.1 Å². The summed E-state index contributed by atoms with van der Waals surface area (Å²) < 4.78 is 0. The molecule has 1 aromatic carbocycles. The molecule has 2 aliphatic carbocycles. The summed E-state index contributed by atoms with van der Waals surface area (Å²) in [5, 5.41) is 8.12. The zero-order chi connectivity index (χ0) is 14.4. The highest BCUT2D eigenvalue weighted by molar-refractivity contribution is 6.33. The normalized spacial score (nSPS) is 27.4. The van der Waals surface area contributed by atoms with Gasteiger partial charge >= 0.3 is 0 Å². The molecule has 0 amide bonds. The second-order valence-corrected chi connectivity index (χ2v) is 6.99. The van der Waals surface area contributed by atoms with Crippen LogP contribution in [0.5, 0.6) is 0 Å². The van der Waals surface area contributed by atoms with Gasteiger partial charge in [-0.2, -0.15) is 5.10 Å². The first-order chi connectivity index (χ1) is 10.2. The summed E-state index contributed by atoms with van der Waals surface area (Å²) in [4.78, 5) is 0. The van der Waals surface area contributed by atoms with E-state index in [0.29, 0.717) is 5.82 Å². The molecule has 2 aliphatic rings. The third-order valence-electron chi connectivity index (χ3n) is 5.36. The Hall–Kier alpha value is -1.48. The molecule has 0 radical (unpaired) electrons. The first-order valence-corrected chi connectivity index (χ1v) is 8.17. The van der Waals surface area contributed by atoms with Crippen LogP contribution in [0.1, 0.15) is 31.4 Å². The molecule has 3 atom stereocenters. The molecule has 4 heteroatoms. The molecule has 0 spiro atoms. The fourth-order valence-corrected chi connectivity index (χ4v) is 4.63. The van der Waals surface area contributed by atoms with Gasteiger partial charge < -0.3 is 5.73 Å². The molecule has 21 heavy (non-hydrogen) atoms. The smallest absolute Gasteiger partial charge is 0.153 e. The molecule has 0 aliphatic heterocycles. The van der Waals surface area contributed by atoms with Crippen molar-refractivity contribution in [3.05, 3.63) is 35.0 Å². The van der Waals surface area contributed by atoms with Gasteiger partial charge in [-0.05, 0) is 49.5 Å². The monoisotopic (exact) mass is 301 g/mol. The number of nitrogens with one attached hydrogen (secondary N) is 1.